The van der Waals surface area contributed by atoms with Gasteiger partial charge < -0.3 is 16.2 Å². The highest BCUT2D eigenvalue weighted by Gasteiger charge is 2.20. The summed E-state index contributed by atoms with van der Waals surface area (Å²) in [6, 6.07) is 4.12. The number of aliphatic hydroxyl groups is 1. The van der Waals surface area contributed by atoms with E-state index in [4.69, 9.17) is 22.7 Å². The van der Waals surface area contributed by atoms with Crippen molar-refractivity contribution in [3.63, 3.8) is 0 Å². The van der Waals surface area contributed by atoms with Gasteiger partial charge in [0.05, 0.1) is 11.4 Å². The number of hydrogen-bond acceptors (Lipinski definition) is 5. The molecule has 0 amide bonds. The van der Waals surface area contributed by atoms with Gasteiger partial charge in [-0.2, -0.15) is 0 Å². The molecule has 5 nitrogen and oxygen atoms in total. The Balaban J connectivity index is 3.37. The highest BCUT2D eigenvalue weighted by molar-refractivity contribution is 14.1. The molecule has 1 aromatic rings. The summed E-state index contributed by atoms with van der Waals surface area (Å²) in [4.78, 5) is 4.36. The molecule has 0 bridgehead atoms. The maximum Gasteiger partial charge on any atom is 0.128 e. The summed E-state index contributed by atoms with van der Waals surface area (Å²) in [6.07, 6.45) is 1.70. The Kier molecular flexibility index (Phi) is 8.37. The topological polar surface area (TPSA) is 94.5 Å². The Morgan fingerprint density at radius 1 is 1.58 bits per heavy atom. The molecule has 8 heteroatoms. The molecule has 0 saturated carbocycles. The molecule has 24 heavy (non-hydrogen) atoms. The average molecular weight is 465 g/mol. The van der Waals surface area contributed by atoms with Crippen molar-refractivity contribution >= 4 is 50.8 Å². The highest BCUT2D eigenvalue weighted by atomic mass is 127. The van der Waals surface area contributed by atoms with Crippen LogP contribution in [0.25, 0.3) is 0 Å². The molecule has 0 aromatic heterocycles. The molecule has 0 fully saturated rings. The van der Waals surface area contributed by atoms with Gasteiger partial charge in [-0.25, -0.2) is 9.38 Å². The molecule has 0 saturated heterocycles. The summed E-state index contributed by atoms with van der Waals surface area (Å²) in [6.45, 7) is 4.13. The zero-order valence-corrected chi connectivity index (χ0v) is 16.2. The van der Waals surface area contributed by atoms with Crippen LogP contribution in [0.2, 0.25) is 0 Å². The van der Waals surface area contributed by atoms with Crippen molar-refractivity contribution in [1.82, 2.24) is 5.32 Å². The SMILES string of the molecule is CCN/C=C(\C(=N)Cl)C(O)C(C=C(C)N)=Nc1ccc(F)cc1I. The number of nitrogens with one attached hydrogen (secondary N) is 2. The van der Waals surface area contributed by atoms with Crippen molar-refractivity contribution in [3.8, 4) is 0 Å². The van der Waals surface area contributed by atoms with E-state index in [1.807, 2.05) is 29.5 Å². The van der Waals surface area contributed by atoms with Gasteiger partial charge in [0, 0.05) is 27.6 Å². The lowest BCUT2D eigenvalue weighted by molar-refractivity contribution is 0.283. The molecule has 0 aliphatic heterocycles. The number of allylic oxidation sites excluding steroid dienone is 1. The fourth-order valence-electron chi connectivity index (χ4n) is 1.75. The van der Waals surface area contributed by atoms with Crippen molar-refractivity contribution in [2.45, 2.75) is 20.0 Å². The van der Waals surface area contributed by atoms with Crippen molar-refractivity contribution in [3.05, 3.63) is 51.1 Å². The van der Waals surface area contributed by atoms with Crippen LogP contribution in [-0.2, 0) is 0 Å². The van der Waals surface area contributed by atoms with Crippen LogP contribution in [-0.4, -0.2) is 28.6 Å². The van der Waals surface area contributed by atoms with Crippen LogP contribution >= 0.6 is 34.2 Å². The van der Waals surface area contributed by atoms with Crippen LogP contribution < -0.4 is 11.1 Å². The fraction of sp³-hybridized carbons (Fsp3) is 0.250. The molecule has 0 heterocycles. The minimum absolute atomic E-state index is 0.159. The maximum absolute atomic E-state index is 13.2. The maximum atomic E-state index is 13.2. The van der Waals surface area contributed by atoms with Crippen LogP contribution in [0.4, 0.5) is 10.1 Å². The van der Waals surface area contributed by atoms with Crippen LogP contribution in [0.1, 0.15) is 13.8 Å². The molecular weight excluding hydrogens is 446 g/mol. The predicted molar refractivity (Wildman–Crippen MR) is 106 cm³/mol. The highest BCUT2D eigenvalue weighted by Crippen LogP contribution is 2.24. The van der Waals surface area contributed by atoms with E-state index in [-0.39, 0.29) is 22.3 Å². The molecule has 1 unspecified atom stereocenters. The van der Waals surface area contributed by atoms with Crippen LogP contribution in [0, 0.1) is 14.8 Å². The van der Waals surface area contributed by atoms with Gasteiger partial charge in [0.15, 0.2) is 0 Å². The summed E-state index contributed by atoms with van der Waals surface area (Å²) in [5, 5.41) is 20.8. The third-order valence-corrected chi connectivity index (χ3v) is 3.91. The fourth-order valence-corrected chi connectivity index (χ4v) is 2.51. The predicted octanol–water partition coefficient (Wildman–Crippen LogP) is 3.44. The number of aliphatic imine (C=N–C) groups is 1. The smallest absolute Gasteiger partial charge is 0.128 e. The molecular formula is C16H19ClFIN4O. The second kappa shape index (κ2) is 9.75. The number of aliphatic hydroxyl groups excluding tert-OH is 1. The molecule has 1 atom stereocenters. The van der Waals surface area contributed by atoms with E-state index in [0.717, 1.165) is 0 Å². The summed E-state index contributed by atoms with van der Waals surface area (Å²) in [5.41, 5.74) is 6.97. The summed E-state index contributed by atoms with van der Waals surface area (Å²) in [5.74, 6) is -0.374. The number of nitrogens with zero attached hydrogens (tertiary/aromatic N) is 1. The number of benzene rings is 1. The minimum atomic E-state index is -1.26. The normalized spacial score (nSPS) is 14.5. The molecule has 0 aliphatic carbocycles. The number of hydrogen-bond donors (Lipinski definition) is 4. The quantitative estimate of drug-likeness (QED) is 0.368. The van der Waals surface area contributed by atoms with Gasteiger partial charge in [0.25, 0.3) is 0 Å². The van der Waals surface area contributed by atoms with Gasteiger partial charge in [-0.05, 0) is 60.7 Å². The number of rotatable bonds is 7. The third-order valence-electron chi connectivity index (χ3n) is 2.82. The van der Waals surface area contributed by atoms with E-state index >= 15 is 0 Å². The molecule has 1 rings (SSSR count). The van der Waals surface area contributed by atoms with Gasteiger partial charge in [0.1, 0.15) is 17.1 Å². The zero-order chi connectivity index (χ0) is 18.3. The van der Waals surface area contributed by atoms with Crippen molar-refractivity contribution in [2.24, 2.45) is 10.7 Å². The molecule has 0 radical (unpaired) electrons. The monoisotopic (exact) mass is 464 g/mol. The van der Waals surface area contributed by atoms with Gasteiger partial charge >= 0.3 is 0 Å². The number of halogens is 3. The lowest BCUT2D eigenvalue weighted by atomic mass is 10.1. The second-order valence-corrected chi connectivity index (χ2v) is 6.43. The van der Waals surface area contributed by atoms with Crippen molar-refractivity contribution < 1.29 is 9.50 Å². The minimum Gasteiger partial charge on any atom is -0.402 e. The Morgan fingerprint density at radius 2 is 2.25 bits per heavy atom. The largest absolute Gasteiger partial charge is 0.402 e. The Hall–Kier alpha value is -1.45. The Bertz CT molecular complexity index is 699. The first kappa shape index (κ1) is 20.6. The van der Waals surface area contributed by atoms with E-state index in [1.165, 1.54) is 30.5 Å². The molecule has 0 aliphatic rings. The lowest BCUT2D eigenvalue weighted by Gasteiger charge is -2.15. The van der Waals surface area contributed by atoms with E-state index in [0.29, 0.717) is 21.5 Å². The van der Waals surface area contributed by atoms with Gasteiger partial charge in [-0.1, -0.05) is 11.6 Å². The average Bonchev–Trinajstić information content (AvgIpc) is 2.48. The summed E-state index contributed by atoms with van der Waals surface area (Å²) in [7, 11) is 0. The first-order chi connectivity index (χ1) is 11.3. The van der Waals surface area contributed by atoms with Gasteiger partial charge in [-0.3, -0.25) is 5.41 Å². The van der Waals surface area contributed by atoms with Crippen LogP contribution in [0.15, 0.2) is 46.7 Å². The van der Waals surface area contributed by atoms with Gasteiger partial charge in [0.2, 0.25) is 0 Å². The first-order valence-corrected chi connectivity index (χ1v) is 8.55. The summed E-state index contributed by atoms with van der Waals surface area (Å²) < 4.78 is 13.8. The van der Waals surface area contributed by atoms with E-state index < -0.39 is 6.10 Å². The standard InChI is InChI=1S/C16H19ClFIN4O/c1-3-22-8-11(16(17)21)15(24)14(6-9(2)20)23-13-5-4-10(18)7-12(13)19/h4-8,15,21-22,24H,3,20H2,1-2H3/b9-6?,11-8-,21-16?,23-14?. The van der Waals surface area contributed by atoms with Crippen LogP contribution in [0.5, 0.6) is 0 Å². The lowest BCUT2D eigenvalue weighted by Crippen LogP contribution is -2.26. The van der Waals surface area contributed by atoms with Crippen molar-refractivity contribution in [1.29, 1.82) is 5.41 Å². The molecule has 5 N–H and O–H groups in total. The van der Waals surface area contributed by atoms with E-state index in [2.05, 4.69) is 10.3 Å². The molecule has 130 valence electrons. The second-order valence-electron chi connectivity index (χ2n) is 4.89. The van der Waals surface area contributed by atoms with E-state index in [9.17, 15) is 9.50 Å². The van der Waals surface area contributed by atoms with Gasteiger partial charge in [-0.15, -0.1) is 0 Å². The molecule has 0 spiro atoms. The van der Waals surface area contributed by atoms with Crippen LogP contribution in [0.3, 0.4) is 0 Å². The Morgan fingerprint density at radius 3 is 2.75 bits per heavy atom. The zero-order valence-electron chi connectivity index (χ0n) is 13.3. The third kappa shape index (κ3) is 6.21. The number of nitrogens with two attached hydrogens (primary N) is 1. The van der Waals surface area contributed by atoms with Crippen molar-refractivity contribution in [2.75, 3.05) is 6.54 Å². The summed E-state index contributed by atoms with van der Waals surface area (Å²) >= 11 is 7.72. The van der Waals surface area contributed by atoms with E-state index in [1.54, 1.807) is 6.92 Å². The molecule has 1 aromatic carbocycles. The first-order valence-electron chi connectivity index (χ1n) is 7.09. The Labute approximate surface area is 159 Å².